The number of piperidine rings is 1. The Morgan fingerprint density at radius 3 is 2.31 bits per heavy atom. The van der Waals surface area contributed by atoms with Gasteiger partial charge in [-0.3, -0.25) is 4.79 Å². The number of nitrogens with one attached hydrogen (secondary N) is 1. The number of carbonyl (C=O) groups is 1. The van der Waals surface area contributed by atoms with Gasteiger partial charge in [0.1, 0.15) is 22.1 Å². The summed E-state index contributed by atoms with van der Waals surface area (Å²) < 4.78 is 41.3. The van der Waals surface area contributed by atoms with Gasteiger partial charge in [-0.05, 0) is 110 Å². The Balaban J connectivity index is 1.01. The first-order chi connectivity index (χ1) is 26.7. The molecule has 1 amide bonds. The highest BCUT2D eigenvalue weighted by atomic mass is 32.2. The smallest absolute Gasteiger partial charge is 0.282 e. The molecule has 4 heterocycles. The summed E-state index contributed by atoms with van der Waals surface area (Å²) in [5.74, 6) is 2.38. The van der Waals surface area contributed by atoms with Gasteiger partial charge < -0.3 is 14.4 Å². The highest BCUT2D eigenvalue weighted by molar-refractivity contribution is 8.14. The van der Waals surface area contributed by atoms with Gasteiger partial charge in [0.2, 0.25) is 15.9 Å². The van der Waals surface area contributed by atoms with Crippen LogP contribution in [0.2, 0.25) is 0 Å². The Hall–Kier alpha value is -5.49. The van der Waals surface area contributed by atoms with Gasteiger partial charge in [0.15, 0.2) is 0 Å². The molecule has 9 nitrogen and oxygen atoms in total. The highest BCUT2D eigenvalue weighted by Crippen LogP contribution is 2.51. The van der Waals surface area contributed by atoms with Crippen LogP contribution in [0.4, 0.5) is 4.79 Å². The maximum atomic E-state index is 13.6. The van der Waals surface area contributed by atoms with Gasteiger partial charge >= 0.3 is 0 Å². The lowest BCUT2D eigenvalue weighted by atomic mass is 9.79. The number of hydrogen-bond donors (Lipinski definition) is 1. The van der Waals surface area contributed by atoms with E-state index in [1.54, 1.807) is 18.2 Å². The summed E-state index contributed by atoms with van der Waals surface area (Å²) in [7, 11) is -3.85. The molecule has 278 valence electrons. The molecular weight excluding hydrogens is 729 g/mol. The fourth-order valence-corrected chi connectivity index (χ4v) is 9.78. The lowest BCUT2D eigenvalue weighted by Gasteiger charge is -2.39. The first kappa shape index (κ1) is 36.5. The lowest BCUT2D eigenvalue weighted by molar-refractivity contribution is 0.135. The number of rotatable bonds is 12. The second kappa shape index (κ2) is 15.7. The number of aryl methyl sites for hydroxylation is 1. The third-order valence-corrected chi connectivity index (χ3v) is 13.0. The Bertz CT molecular complexity index is 2430. The maximum Gasteiger partial charge on any atom is 0.282 e. The van der Waals surface area contributed by atoms with E-state index in [0.29, 0.717) is 24.6 Å². The van der Waals surface area contributed by atoms with E-state index in [1.807, 2.05) is 89.8 Å². The number of thioether (sulfide) groups is 1. The second-order valence-electron chi connectivity index (χ2n) is 13.9. The Kier molecular flexibility index (Phi) is 10.4. The molecule has 4 aromatic carbocycles. The molecule has 55 heavy (non-hydrogen) atoms. The van der Waals surface area contributed by atoms with Crippen LogP contribution in [-0.4, -0.2) is 47.7 Å². The van der Waals surface area contributed by atoms with Crippen molar-refractivity contribution in [1.82, 2.24) is 19.6 Å². The van der Waals surface area contributed by atoms with Gasteiger partial charge in [-0.25, -0.2) is 23.1 Å². The average Bonchev–Trinajstić information content (AvgIpc) is 3.54. The van der Waals surface area contributed by atoms with E-state index in [0.717, 1.165) is 51.2 Å². The number of para-hydroxylation sites is 2. The van der Waals surface area contributed by atoms with Crippen LogP contribution in [0.5, 0.6) is 23.1 Å². The molecule has 1 N–H and O–H groups in total. The number of carbonyl (C=O) groups excluding carboxylic acids is 1. The van der Waals surface area contributed by atoms with Crippen LogP contribution in [0.1, 0.15) is 29.2 Å². The molecule has 2 aliphatic heterocycles. The molecule has 2 saturated heterocycles. The van der Waals surface area contributed by atoms with Gasteiger partial charge in [0.05, 0.1) is 22.7 Å². The Morgan fingerprint density at radius 1 is 0.909 bits per heavy atom. The first-order valence-corrected chi connectivity index (χ1v) is 20.6. The molecule has 2 fully saturated rings. The summed E-state index contributed by atoms with van der Waals surface area (Å²) in [5, 5.41) is 0.967. The largest absolute Gasteiger partial charge is 0.457 e. The second-order valence-corrected chi connectivity index (χ2v) is 16.8. The van der Waals surface area contributed by atoms with Crippen molar-refractivity contribution in [2.75, 3.05) is 13.1 Å². The first-order valence-electron chi connectivity index (χ1n) is 18.3. The number of fused-ring (bicyclic) bond motifs is 2. The quantitative estimate of drug-likeness (QED) is 0.123. The van der Waals surface area contributed by atoms with E-state index >= 15 is 0 Å². The predicted molar refractivity (Wildman–Crippen MR) is 217 cm³/mol. The van der Waals surface area contributed by atoms with Crippen LogP contribution < -0.4 is 14.2 Å². The van der Waals surface area contributed by atoms with Crippen LogP contribution in [0.3, 0.4) is 0 Å². The summed E-state index contributed by atoms with van der Waals surface area (Å²) in [6.45, 7) is 6.94. The summed E-state index contributed by atoms with van der Waals surface area (Å²) in [5.41, 5.74) is 4.83. The van der Waals surface area contributed by atoms with Gasteiger partial charge in [0.25, 0.3) is 5.24 Å². The molecule has 0 radical (unpaired) electrons. The lowest BCUT2D eigenvalue weighted by Crippen LogP contribution is -2.44. The molecule has 0 aliphatic carbocycles. The van der Waals surface area contributed by atoms with Crippen molar-refractivity contribution in [3.05, 3.63) is 151 Å². The van der Waals surface area contributed by atoms with Crippen molar-refractivity contribution in [2.45, 2.75) is 36.0 Å². The van der Waals surface area contributed by atoms with E-state index in [4.69, 9.17) is 14.5 Å². The predicted octanol–water partition coefficient (Wildman–Crippen LogP) is 9.96. The number of benzene rings is 4. The molecule has 4 atom stereocenters. The maximum absolute atomic E-state index is 13.6. The number of nitrogens with zero attached hydrogens (tertiary/aromatic N) is 3. The standard InChI is InChI=1S/C44H40N4O5S2/c1-3-30(27-46-55(50,51)36-19-21-42(45-28-36)53-34-12-8-5-9-13-34)32-22-23-48-41(25-32)43(54-44(48)49)38-26-40(47-39-20-14-29(2)24-37(38)39)31-15-17-35(18-16-31)52-33-10-6-4-7-11-33/h3-21,24,26,28,30,32,41,43,46H,1,22-23,25,27H2,2H3/t30-,32-,41-,43-/m0/s1. The molecule has 0 unspecified atom stereocenters. The number of aromatic nitrogens is 2. The Labute approximate surface area is 325 Å². The normalized spacial score (nSPS) is 18.8. The number of sulfonamides is 1. The molecule has 0 spiro atoms. The third kappa shape index (κ3) is 8.00. The van der Waals surface area contributed by atoms with Crippen LogP contribution in [0.15, 0.2) is 145 Å². The zero-order chi connectivity index (χ0) is 37.9. The molecule has 2 aromatic heterocycles. The SMILES string of the molecule is C=C[C@@H](CNS(=O)(=O)c1ccc(Oc2ccccc2)nc1)[C@H]1CCN2C(=O)S[C@@H](c3cc(-c4ccc(Oc5ccccc5)cc4)nc4ccc(C)cc34)[C@@H]2C1. The zero-order valence-electron chi connectivity index (χ0n) is 30.2. The molecule has 0 saturated carbocycles. The van der Waals surface area contributed by atoms with Crippen molar-refractivity contribution < 1.29 is 22.7 Å². The van der Waals surface area contributed by atoms with Gasteiger partial charge in [-0.1, -0.05) is 65.9 Å². The topological polar surface area (TPSA) is 111 Å². The highest BCUT2D eigenvalue weighted by Gasteiger charge is 2.46. The minimum Gasteiger partial charge on any atom is -0.457 e. The molecular formula is C44H40N4O5S2. The number of amides is 1. The van der Waals surface area contributed by atoms with E-state index in [2.05, 4.69) is 41.4 Å². The minimum absolute atomic E-state index is 0.0532. The van der Waals surface area contributed by atoms with Crippen molar-refractivity contribution in [1.29, 1.82) is 0 Å². The molecule has 2 aliphatic rings. The van der Waals surface area contributed by atoms with Crippen LogP contribution in [-0.2, 0) is 10.0 Å². The van der Waals surface area contributed by atoms with Gasteiger partial charge in [0, 0.05) is 36.1 Å². The van der Waals surface area contributed by atoms with E-state index in [9.17, 15) is 13.2 Å². The van der Waals surface area contributed by atoms with Crippen molar-refractivity contribution in [2.24, 2.45) is 11.8 Å². The number of ether oxygens (including phenoxy) is 2. The van der Waals surface area contributed by atoms with Crippen molar-refractivity contribution in [3.8, 4) is 34.4 Å². The fraction of sp³-hybridized carbons (Fsp3) is 0.205. The van der Waals surface area contributed by atoms with Crippen LogP contribution in [0.25, 0.3) is 22.2 Å². The minimum atomic E-state index is -3.85. The Morgan fingerprint density at radius 2 is 1.62 bits per heavy atom. The summed E-state index contributed by atoms with van der Waals surface area (Å²) in [4.78, 5) is 24.9. The summed E-state index contributed by atoms with van der Waals surface area (Å²) in [6, 6.07) is 38.1. The third-order valence-electron chi connectivity index (χ3n) is 10.3. The van der Waals surface area contributed by atoms with E-state index in [-0.39, 0.29) is 39.8 Å². The van der Waals surface area contributed by atoms with Crippen molar-refractivity contribution in [3.63, 3.8) is 0 Å². The van der Waals surface area contributed by atoms with Crippen LogP contribution in [0, 0.1) is 18.8 Å². The van der Waals surface area contributed by atoms with Crippen LogP contribution >= 0.6 is 11.8 Å². The van der Waals surface area contributed by atoms with Gasteiger partial charge in [-0.15, -0.1) is 6.58 Å². The number of pyridine rings is 2. The fourth-order valence-electron chi connectivity index (χ4n) is 7.45. The van der Waals surface area contributed by atoms with Crippen molar-refractivity contribution >= 4 is 37.9 Å². The summed E-state index contributed by atoms with van der Waals surface area (Å²) >= 11 is 1.37. The number of hydrogen-bond acceptors (Lipinski definition) is 8. The summed E-state index contributed by atoms with van der Waals surface area (Å²) in [6.07, 6.45) is 4.60. The zero-order valence-corrected chi connectivity index (χ0v) is 31.9. The molecule has 11 heteroatoms. The molecule has 8 rings (SSSR count). The van der Waals surface area contributed by atoms with E-state index < -0.39 is 10.0 Å². The average molecular weight is 769 g/mol. The van der Waals surface area contributed by atoms with E-state index in [1.165, 1.54) is 24.0 Å². The molecule has 0 bridgehead atoms. The monoisotopic (exact) mass is 768 g/mol. The van der Waals surface area contributed by atoms with Gasteiger partial charge in [-0.2, -0.15) is 0 Å². The molecule has 6 aromatic rings.